The number of piperazine rings is 1. The molecular formula is C9H15F4N3O3S. The molecule has 11 heteroatoms. The monoisotopic (exact) mass is 321 g/mol. The van der Waals surface area contributed by atoms with Gasteiger partial charge in [-0.3, -0.25) is 4.79 Å². The number of rotatable bonds is 4. The Balaban J connectivity index is 2.71. The Morgan fingerprint density at radius 3 is 1.95 bits per heavy atom. The Bertz CT molecular complexity index is 461. The van der Waals surface area contributed by atoms with Gasteiger partial charge in [0.25, 0.3) is 16.1 Å². The van der Waals surface area contributed by atoms with E-state index in [2.05, 4.69) is 0 Å². The van der Waals surface area contributed by atoms with Crippen molar-refractivity contribution >= 4 is 16.1 Å². The van der Waals surface area contributed by atoms with E-state index in [-0.39, 0.29) is 26.2 Å². The molecule has 0 bridgehead atoms. The number of amides is 1. The van der Waals surface area contributed by atoms with E-state index in [1.807, 2.05) is 0 Å². The lowest BCUT2D eigenvalue weighted by Gasteiger charge is -2.36. The van der Waals surface area contributed by atoms with Crippen molar-refractivity contribution in [2.75, 3.05) is 40.3 Å². The summed E-state index contributed by atoms with van der Waals surface area (Å²) in [6, 6.07) is 0. The predicted octanol–water partition coefficient (Wildman–Crippen LogP) is -0.163. The van der Waals surface area contributed by atoms with E-state index in [1.54, 1.807) is 0 Å². The highest BCUT2D eigenvalue weighted by molar-refractivity contribution is 7.86. The molecule has 0 unspecified atom stereocenters. The van der Waals surface area contributed by atoms with Crippen molar-refractivity contribution in [1.82, 2.24) is 13.5 Å². The van der Waals surface area contributed by atoms with Crippen LogP contribution in [0, 0.1) is 0 Å². The summed E-state index contributed by atoms with van der Waals surface area (Å²) in [4.78, 5) is 11.8. The van der Waals surface area contributed by atoms with E-state index >= 15 is 0 Å². The molecule has 6 nitrogen and oxygen atoms in total. The van der Waals surface area contributed by atoms with E-state index < -0.39 is 28.5 Å². The van der Waals surface area contributed by atoms with Crippen molar-refractivity contribution in [3.63, 3.8) is 0 Å². The highest BCUT2D eigenvalue weighted by Crippen LogP contribution is 2.26. The zero-order chi connectivity index (χ0) is 15.7. The molecule has 1 saturated heterocycles. The van der Waals surface area contributed by atoms with Crippen molar-refractivity contribution in [2.45, 2.75) is 12.3 Å². The van der Waals surface area contributed by atoms with E-state index in [1.165, 1.54) is 14.1 Å². The SMILES string of the molecule is CN(C)S(=O)(=O)N1CCN(C(=O)C(F)(F)C(F)F)CC1. The second-order valence-electron chi connectivity index (χ2n) is 4.41. The van der Waals surface area contributed by atoms with E-state index in [0.29, 0.717) is 4.90 Å². The van der Waals surface area contributed by atoms with Gasteiger partial charge in [-0.2, -0.15) is 25.8 Å². The van der Waals surface area contributed by atoms with E-state index in [4.69, 9.17) is 0 Å². The minimum Gasteiger partial charge on any atom is -0.335 e. The first-order chi connectivity index (χ1) is 9.01. The van der Waals surface area contributed by atoms with Crippen LogP contribution in [0.25, 0.3) is 0 Å². The van der Waals surface area contributed by atoms with Crippen molar-refractivity contribution in [2.24, 2.45) is 0 Å². The third-order valence-corrected chi connectivity index (χ3v) is 4.81. The fourth-order valence-corrected chi connectivity index (χ4v) is 2.74. The fourth-order valence-electron chi connectivity index (χ4n) is 1.66. The quantitative estimate of drug-likeness (QED) is 0.676. The lowest BCUT2D eigenvalue weighted by molar-refractivity contribution is -0.181. The zero-order valence-corrected chi connectivity index (χ0v) is 11.7. The molecule has 0 saturated carbocycles. The van der Waals surface area contributed by atoms with Gasteiger partial charge in [-0.1, -0.05) is 0 Å². The molecule has 1 amide bonds. The van der Waals surface area contributed by atoms with Gasteiger partial charge in [0.2, 0.25) is 0 Å². The van der Waals surface area contributed by atoms with Crippen LogP contribution in [0.1, 0.15) is 0 Å². The molecule has 20 heavy (non-hydrogen) atoms. The summed E-state index contributed by atoms with van der Waals surface area (Å²) in [7, 11) is -1.10. The molecule has 0 aromatic rings. The maximum Gasteiger partial charge on any atom is 0.383 e. The molecule has 1 fully saturated rings. The van der Waals surface area contributed by atoms with Gasteiger partial charge < -0.3 is 4.90 Å². The third-order valence-electron chi connectivity index (χ3n) is 2.87. The Hall–Kier alpha value is -0.940. The molecule has 0 N–H and O–H groups in total. The first kappa shape index (κ1) is 17.1. The normalized spacial score (nSPS) is 18.9. The highest BCUT2D eigenvalue weighted by Gasteiger charge is 2.51. The summed E-state index contributed by atoms with van der Waals surface area (Å²) < 4.78 is 75.4. The second kappa shape index (κ2) is 5.82. The van der Waals surface area contributed by atoms with Gasteiger partial charge in [0, 0.05) is 40.3 Å². The maximum absolute atomic E-state index is 12.9. The number of carbonyl (C=O) groups excluding carboxylic acids is 1. The van der Waals surface area contributed by atoms with Crippen LogP contribution in [0.2, 0.25) is 0 Å². The van der Waals surface area contributed by atoms with Crippen LogP contribution in [-0.2, 0) is 15.0 Å². The van der Waals surface area contributed by atoms with Crippen LogP contribution in [0.3, 0.4) is 0 Å². The molecule has 0 aromatic carbocycles. The number of carbonyl (C=O) groups is 1. The molecule has 0 atom stereocenters. The van der Waals surface area contributed by atoms with Crippen LogP contribution < -0.4 is 0 Å². The molecule has 0 spiro atoms. The van der Waals surface area contributed by atoms with Crippen LogP contribution in [0.5, 0.6) is 0 Å². The summed E-state index contributed by atoms with van der Waals surface area (Å²) in [5.41, 5.74) is 0. The molecular weight excluding hydrogens is 306 g/mol. The van der Waals surface area contributed by atoms with Crippen molar-refractivity contribution in [3.8, 4) is 0 Å². The van der Waals surface area contributed by atoms with Gasteiger partial charge in [0.05, 0.1) is 0 Å². The van der Waals surface area contributed by atoms with Gasteiger partial charge in [0.15, 0.2) is 0 Å². The first-order valence-corrected chi connectivity index (χ1v) is 7.04. The van der Waals surface area contributed by atoms with Crippen molar-refractivity contribution in [3.05, 3.63) is 0 Å². The molecule has 1 heterocycles. The van der Waals surface area contributed by atoms with Gasteiger partial charge in [-0.15, -0.1) is 0 Å². The largest absolute Gasteiger partial charge is 0.383 e. The molecule has 0 aromatic heterocycles. The molecule has 1 aliphatic rings. The van der Waals surface area contributed by atoms with Gasteiger partial charge in [0.1, 0.15) is 0 Å². The summed E-state index contributed by atoms with van der Waals surface area (Å²) in [5, 5.41) is 0. The first-order valence-electron chi connectivity index (χ1n) is 5.64. The molecule has 1 rings (SSSR count). The molecule has 0 aliphatic carbocycles. The average molecular weight is 321 g/mol. The summed E-state index contributed by atoms with van der Waals surface area (Å²) >= 11 is 0. The lowest BCUT2D eigenvalue weighted by atomic mass is 10.2. The number of hydrogen-bond donors (Lipinski definition) is 0. The Labute approximate surface area is 114 Å². The van der Waals surface area contributed by atoms with Crippen LogP contribution in [-0.4, -0.2) is 80.5 Å². The summed E-state index contributed by atoms with van der Waals surface area (Å²) in [6.45, 7) is -1.14. The molecule has 118 valence electrons. The molecule has 0 radical (unpaired) electrons. The predicted molar refractivity (Wildman–Crippen MR) is 61.7 cm³/mol. The van der Waals surface area contributed by atoms with E-state index in [0.717, 1.165) is 8.61 Å². The second-order valence-corrected chi connectivity index (χ2v) is 6.55. The summed E-state index contributed by atoms with van der Waals surface area (Å²) in [5.74, 6) is -6.72. The topological polar surface area (TPSA) is 60.9 Å². The lowest BCUT2D eigenvalue weighted by Crippen LogP contribution is -2.57. The van der Waals surface area contributed by atoms with Crippen LogP contribution in [0.15, 0.2) is 0 Å². The van der Waals surface area contributed by atoms with Crippen LogP contribution >= 0.6 is 0 Å². The number of nitrogens with zero attached hydrogens (tertiary/aromatic N) is 3. The van der Waals surface area contributed by atoms with E-state index in [9.17, 15) is 30.8 Å². The van der Waals surface area contributed by atoms with Gasteiger partial charge >= 0.3 is 12.3 Å². The maximum atomic E-state index is 12.9. The Kier molecular flexibility index (Phi) is 4.98. The van der Waals surface area contributed by atoms with Gasteiger partial charge in [-0.25, -0.2) is 8.78 Å². The average Bonchev–Trinajstić information content (AvgIpc) is 2.37. The smallest absolute Gasteiger partial charge is 0.335 e. The third kappa shape index (κ3) is 3.20. The van der Waals surface area contributed by atoms with Crippen molar-refractivity contribution < 1.29 is 30.8 Å². The fraction of sp³-hybridized carbons (Fsp3) is 0.889. The molecule has 1 aliphatic heterocycles. The zero-order valence-electron chi connectivity index (χ0n) is 10.9. The number of hydrogen-bond acceptors (Lipinski definition) is 3. The standard InChI is InChI=1S/C9H15F4N3O3S/c1-14(2)20(18,19)16-5-3-15(4-6-16)8(17)9(12,13)7(10)11/h7H,3-6H2,1-2H3. The van der Waals surface area contributed by atoms with Crippen molar-refractivity contribution in [1.29, 1.82) is 0 Å². The number of halogens is 4. The Morgan fingerprint density at radius 1 is 1.15 bits per heavy atom. The van der Waals surface area contributed by atoms with Crippen LogP contribution in [0.4, 0.5) is 17.6 Å². The minimum absolute atomic E-state index is 0.217. The van der Waals surface area contributed by atoms with Gasteiger partial charge in [-0.05, 0) is 0 Å². The Morgan fingerprint density at radius 2 is 1.60 bits per heavy atom. The number of alkyl halides is 4. The summed E-state index contributed by atoms with van der Waals surface area (Å²) in [6.07, 6.45) is -4.08. The highest BCUT2D eigenvalue weighted by atomic mass is 32.2. The minimum atomic E-state index is -4.75.